The van der Waals surface area contributed by atoms with Gasteiger partial charge in [-0.1, -0.05) is 0 Å². The van der Waals surface area contributed by atoms with Gasteiger partial charge in [-0.25, -0.2) is 0 Å². The summed E-state index contributed by atoms with van der Waals surface area (Å²) in [4.78, 5) is 15.6. The lowest BCUT2D eigenvalue weighted by Gasteiger charge is -2.42. The number of anilines is 1. The number of amides is 1. The van der Waals surface area contributed by atoms with E-state index in [4.69, 9.17) is 10.00 Å². The smallest absolute Gasteiger partial charge is 0.381 e. The molecule has 1 saturated carbocycles. The Kier molecular flexibility index (Phi) is 5.91. The second-order valence-electron chi connectivity index (χ2n) is 9.27. The zero-order valence-electron chi connectivity index (χ0n) is 17.7. The van der Waals surface area contributed by atoms with Gasteiger partial charge in [0.15, 0.2) is 0 Å². The summed E-state index contributed by atoms with van der Waals surface area (Å²) in [6.07, 6.45) is -0.508. The predicted octanol–water partition coefficient (Wildman–Crippen LogP) is 4.07. The van der Waals surface area contributed by atoms with Crippen molar-refractivity contribution in [2.75, 3.05) is 44.3 Å². The largest absolute Gasteiger partial charge is 0.417 e. The average molecular weight is 435 g/mol. The van der Waals surface area contributed by atoms with E-state index in [9.17, 15) is 18.0 Å². The summed E-state index contributed by atoms with van der Waals surface area (Å²) in [5.41, 5.74) is -0.836. The molecule has 1 spiro atoms. The first-order valence-electron chi connectivity index (χ1n) is 10.9. The Morgan fingerprint density at radius 2 is 1.97 bits per heavy atom. The second kappa shape index (κ2) is 8.34. The third-order valence-electron chi connectivity index (χ3n) is 7.18. The first-order valence-corrected chi connectivity index (χ1v) is 10.9. The molecular formula is C23H28F3N3O2. The minimum Gasteiger partial charge on any atom is -0.381 e. The summed E-state index contributed by atoms with van der Waals surface area (Å²) < 4.78 is 46.4. The number of alkyl halides is 3. The van der Waals surface area contributed by atoms with E-state index in [-0.39, 0.29) is 22.8 Å². The monoisotopic (exact) mass is 435 g/mol. The van der Waals surface area contributed by atoms with Gasteiger partial charge in [0.2, 0.25) is 5.91 Å². The molecule has 2 saturated heterocycles. The molecule has 0 bridgehead atoms. The summed E-state index contributed by atoms with van der Waals surface area (Å²) in [7, 11) is 0. The lowest BCUT2D eigenvalue weighted by atomic mass is 9.71. The highest BCUT2D eigenvalue weighted by Gasteiger charge is 2.49. The topological polar surface area (TPSA) is 56.6 Å². The summed E-state index contributed by atoms with van der Waals surface area (Å²) >= 11 is 0. The number of carbonyl (C=O) groups excluding carboxylic acids is 1. The van der Waals surface area contributed by atoms with Crippen molar-refractivity contribution in [2.24, 2.45) is 17.3 Å². The molecule has 2 heterocycles. The van der Waals surface area contributed by atoms with Crippen LogP contribution in [0.2, 0.25) is 0 Å². The maximum Gasteiger partial charge on any atom is 0.417 e. The van der Waals surface area contributed by atoms with Crippen LogP contribution in [0.5, 0.6) is 0 Å². The normalized spacial score (nSPS) is 23.3. The SMILES string of the molecule is CC(=O)N1CCC2(CC1)CN(c1ccc(C#N)c(C(F)(F)F)c1)CC2COCC1CC1. The Labute approximate surface area is 180 Å². The van der Waals surface area contributed by atoms with E-state index in [2.05, 4.69) is 0 Å². The molecule has 31 heavy (non-hydrogen) atoms. The third kappa shape index (κ3) is 4.67. The number of hydrogen-bond acceptors (Lipinski definition) is 4. The fraction of sp³-hybridized carbons (Fsp3) is 0.652. The van der Waals surface area contributed by atoms with Crippen molar-refractivity contribution < 1.29 is 22.7 Å². The Morgan fingerprint density at radius 3 is 2.55 bits per heavy atom. The van der Waals surface area contributed by atoms with Crippen molar-refractivity contribution in [1.82, 2.24) is 4.90 Å². The molecule has 0 N–H and O–H groups in total. The molecule has 168 valence electrons. The first kappa shape index (κ1) is 21.9. The highest BCUT2D eigenvalue weighted by atomic mass is 19.4. The molecule has 1 aromatic carbocycles. The maximum absolute atomic E-state index is 13.5. The van der Waals surface area contributed by atoms with Crippen molar-refractivity contribution >= 4 is 11.6 Å². The van der Waals surface area contributed by atoms with Crippen LogP contribution in [0.3, 0.4) is 0 Å². The third-order valence-corrected chi connectivity index (χ3v) is 7.18. The molecule has 3 fully saturated rings. The van der Waals surface area contributed by atoms with E-state index in [1.807, 2.05) is 9.80 Å². The van der Waals surface area contributed by atoms with Gasteiger partial charge in [0.25, 0.3) is 0 Å². The summed E-state index contributed by atoms with van der Waals surface area (Å²) in [5, 5.41) is 9.08. The van der Waals surface area contributed by atoms with Crippen molar-refractivity contribution in [1.29, 1.82) is 5.26 Å². The standard InChI is InChI=1S/C23H28F3N3O2/c1-16(30)28-8-6-22(7-9-28)15-29(12-19(22)14-31-13-17-2-3-17)20-5-4-18(11-27)21(10-20)23(24,25)26/h4-5,10,17,19H,2-3,6-9,12-15H2,1H3. The number of rotatable bonds is 5. The van der Waals surface area contributed by atoms with Gasteiger partial charge in [-0.05, 0) is 55.2 Å². The lowest BCUT2D eigenvalue weighted by Crippen LogP contribution is -2.46. The second-order valence-corrected chi connectivity index (χ2v) is 9.27. The van der Waals surface area contributed by atoms with Crippen molar-refractivity contribution in [2.45, 2.75) is 38.8 Å². The number of ether oxygens (including phenoxy) is 1. The van der Waals surface area contributed by atoms with Gasteiger partial charge >= 0.3 is 6.18 Å². The predicted molar refractivity (Wildman–Crippen MR) is 109 cm³/mol. The number of hydrogen-bond donors (Lipinski definition) is 0. The zero-order valence-corrected chi connectivity index (χ0v) is 17.7. The number of carbonyl (C=O) groups is 1. The molecule has 1 amide bonds. The Morgan fingerprint density at radius 1 is 1.26 bits per heavy atom. The summed E-state index contributed by atoms with van der Waals surface area (Å²) in [5.74, 6) is 0.916. The van der Waals surface area contributed by atoms with Gasteiger partial charge < -0.3 is 14.5 Å². The van der Waals surface area contributed by atoms with E-state index in [0.717, 1.165) is 25.5 Å². The minimum atomic E-state index is -4.57. The maximum atomic E-state index is 13.5. The van der Waals surface area contributed by atoms with Crippen LogP contribution < -0.4 is 4.90 Å². The van der Waals surface area contributed by atoms with Crippen molar-refractivity contribution in [3.05, 3.63) is 29.3 Å². The van der Waals surface area contributed by atoms with Crippen molar-refractivity contribution in [3.8, 4) is 6.07 Å². The molecule has 4 rings (SSSR count). The van der Waals surface area contributed by atoms with Crippen LogP contribution >= 0.6 is 0 Å². The number of benzene rings is 1. The number of halogens is 3. The molecule has 3 aliphatic rings. The van der Waals surface area contributed by atoms with Crippen LogP contribution in [0.4, 0.5) is 18.9 Å². The van der Waals surface area contributed by atoms with Crippen LogP contribution in [0.1, 0.15) is 43.7 Å². The van der Waals surface area contributed by atoms with E-state index >= 15 is 0 Å². The molecule has 8 heteroatoms. The zero-order chi connectivity index (χ0) is 22.2. The molecule has 0 radical (unpaired) electrons. The quantitative estimate of drug-likeness (QED) is 0.700. The molecule has 1 atom stereocenters. The van der Waals surface area contributed by atoms with Gasteiger partial charge in [0.05, 0.1) is 23.8 Å². The van der Waals surface area contributed by atoms with Crippen LogP contribution in [0, 0.1) is 28.6 Å². The van der Waals surface area contributed by atoms with E-state index in [1.165, 1.54) is 18.9 Å². The van der Waals surface area contributed by atoms with E-state index in [0.29, 0.717) is 44.4 Å². The van der Waals surface area contributed by atoms with Crippen LogP contribution in [0.25, 0.3) is 0 Å². The van der Waals surface area contributed by atoms with E-state index in [1.54, 1.807) is 19.1 Å². The number of likely N-dealkylation sites (tertiary alicyclic amines) is 1. The molecule has 0 aromatic heterocycles. The van der Waals surface area contributed by atoms with Crippen LogP contribution in [-0.2, 0) is 15.7 Å². The van der Waals surface area contributed by atoms with Gasteiger partial charge in [-0.15, -0.1) is 0 Å². The fourth-order valence-electron chi connectivity index (χ4n) is 5.02. The van der Waals surface area contributed by atoms with Gasteiger partial charge in [0, 0.05) is 51.3 Å². The highest BCUT2D eigenvalue weighted by molar-refractivity contribution is 5.73. The van der Waals surface area contributed by atoms with Crippen LogP contribution in [0.15, 0.2) is 18.2 Å². The summed E-state index contributed by atoms with van der Waals surface area (Å²) in [6.45, 7) is 5.52. The Hall–Kier alpha value is -2.27. The molecule has 1 unspecified atom stereocenters. The Bertz CT molecular complexity index is 868. The molecular weight excluding hydrogens is 407 g/mol. The van der Waals surface area contributed by atoms with Gasteiger partial charge in [-0.2, -0.15) is 18.4 Å². The number of nitrogens with zero attached hydrogens (tertiary/aromatic N) is 3. The molecule has 1 aromatic rings. The highest BCUT2D eigenvalue weighted by Crippen LogP contribution is 2.47. The average Bonchev–Trinajstić information content (AvgIpc) is 3.49. The molecule has 2 aliphatic heterocycles. The number of nitriles is 1. The summed E-state index contributed by atoms with van der Waals surface area (Å²) in [6, 6.07) is 5.63. The van der Waals surface area contributed by atoms with Crippen LogP contribution in [-0.4, -0.2) is 50.2 Å². The first-order chi connectivity index (χ1) is 14.7. The molecule has 5 nitrogen and oxygen atoms in total. The molecule has 1 aliphatic carbocycles. The van der Waals surface area contributed by atoms with E-state index < -0.39 is 11.7 Å². The van der Waals surface area contributed by atoms with Gasteiger partial charge in [-0.3, -0.25) is 4.79 Å². The number of piperidine rings is 1. The minimum absolute atomic E-state index is 0.0631. The van der Waals surface area contributed by atoms with Crippen molar-refractivity contribution in [3.63, 3.8) is 0 Å². The Balaban J connectivity index is 1.55. The lowest BCUT2D eigenvalue weighted by molar-refractivity contribution is -0.137. The fourth-order valence-corrected chi connectivity index (χ4v) is 5.02. The van der Waals surface area contributed by atoms with Gasteiger partial charge in [0.1, 0.15) is 0 Å².